The Morgan fingerprint density at radius 2 is 1.21 bits per heavy atom. The number of unbranched alkanes of at least 4 members (excludes halogenated alkanes) is 1. The molecule has 87 heavy (non-hydrogen) atoms. The highest BCUT2D eigenvalue weighted by molar-refractivity contribution is 7.89. The Kier molecular flexibility index (Phi) is 30.0. The van der Waals surface area contributed by atoms with Crippen LogP contribution < -0.4 is 87.0 Å². The van der Waals surface area contributed by atoms with Crippen LogP contribution in [0.2, 0.25) is 0 Å². The van der Waals surface area contributed by atoms with Crippen molar-refractivity contribution in [3.63, 3.8) is 0 Å². The Morgan fingerprint density at radius 3 is 1.78 bits per heavy atom. The van der Waals surface area contributed by atoms with Gasteiger partial charge in [-0.15, -0.1) is 0 Å². The third kappa shape index (κ3) is 24.5. The standard InChI is InChI=1S/C54H89N19O13S/c1-30(2)27-38(71-87(85,86)41-20-9-13-32-33(41)14-8-18-39(32)72(4)5)52(84)73-26-12-19-40(73)50(82)69-35(15-6-7-23-55)49(81)70-45(31(3)74)51(83)65-28-43(76)64-29-44(77)66-37(21-22-42(56)75)48(80)68-36(17-11-25-63-54(60)61)47(79)67-34(46(57)78)16-10-24-62-53(58)59/h8-9,13-14,18,20,30-31,34-38,40,45,71,74H,6-7,10-12,15-17,19,21-29,55H2,1-5H3,(H2,56,75)(H2,57,78)(H,64,76)(H,65,83)(H,66,77)(H,67,79)(H,68,80)(H,69,82)(H,70,81)(H4,58,59,62)(H4,60,61,63)/t31-,34+,35+,36+,37+,38+,40+,45+/m1/s1. The van der Waals surface area contributed by atoms with Crippen LogP contribution in [-0.4, -0.2) is 191 Å². The molecular weight excluding hydrogens is 1150 g/mol. The largest absolute Gasteiger partial charge is 0.391 e. The van der Waals surface area contributed by atoms with E-state index in [1.807, 2.05) is 38.9 Å². The summed E-state index contributed by atoms with van der Waals surface area (Å²) >= 11 is 0. The topological polar surface area (TPSA) is 535 Å². The fourth-order valence-electron chi connectivity index (χ4n) is 9.43. The van der Waals surface area contributed by atoms with Gasteiger partial charge in [-0.3, -0.25) is 57.9 Å². The molecule has 0 radical (unpaired) electrons. The molecule has 0 bridgehead atoms. The maximum atomic E-state index is 14.4. The number of fused-ring (bicyclic) bond motifs is 1. The molecule has 3 rings (SSSR count). The van der Waals surface area contributed by atoms with E-state index in [4.69, 9.17) is 40.1 Å². The van der Waals surface area contributed by atoms with Crippen LogP contribution in [0, 0.1) is 5.92 Å². The van der Waals surface area contributed by atoms with Crippen LogP contribution in [0.4, 0.5) is 5.69 Å². The number of carbonyl (C=O) groups excluding carboxylic acids is 10. The number of guanidine groups is 2. The van der Waals surface area contributed by atoms with Crippen LogP contribution in [0.1, 0.15) is 97.8 Å². The van der Waals surface area contributed by atoms with Gasteiger partial charge in [0, 0.05) is 56.6 Å². The number of hydrogen-bond acceptors (Lipinski definition) is 17. The minimum atomic E-state index is -4.33. The summed E-state index contributed by atoms with van der Waals surface area (Å²) in [6, 6.07) is 0.629. The summed E-state index contributed by atoms with van der Waals surface area (Å²) in [7, 11) is -0.654. The molecule has 2 aromatic carbocycles. The molecule has 10 amide bonds. The molecule has 33 heteroatoms. The Morgan fingerprint density at radius 1 is 0.655 bits per heavy atom. The lowest BCUT2D eigenvalue weighted by atomic mass is 10.0. The molecule has 8 atom stereocenters. The quantitative estimate of drug-likeness (QED) is 0.0170. The van der Waals surface area contributed by atoms with Crippen LogP contribution >= 0.6 is 0 Å². The number of likely N-dealkylation sites (tertiary alicyclic amines) is 1. The molecule has 1 aliphatic heterocycles. The van der Waals surface area contributed by atoms with Crippen molar-refractivity contribution in [1.29, 1.82) is 0 Å². The van der Waals surface area contributed by atoms with Gasteiger partial charge in [0.15, 0.2) is 11.9 Å². The molecule has 0 spiro atoms. The average Bonchev–Trinajstić information content (AvgIpc) is 1.23. The van der Waals surface area contributed by atoms with Gasteiger partial charge in [0.1, 0.15) is 42.3 Å². The van der Waals surface area contributed by atoms with E-state index >= 15 is 0 Å². The lowest BCUT2D eigenvalue weighted by molar-refractivity contribution is -0.141. The molecule has 484 valence electrons. The molecule has 32 nitrogen and oxygen atoms in total. The van der Waals surface area contributed by atoms with E-state index in [9.17, 15) is 61.5 Å². The van der Waals surface area contributed by atoms with Crippen molar-refractivity contribution in [2.45, 2.75) is 151 Å². The highest BCUT2D eigenvalue weighted by Crippen LogP contribution is 2.31. The third-order valence-electron chi connectivity index (χ3n) is 13.8. The maximum absolute atomic E-state index is 14.4. The van der Waals surface area contributed by atoms with Crippen molar-refractivity contribution in [3.05, 3.63) is 36.4 Å². The predicted molar refractivity (Wildman–Crippen MR) is 324 cm³/mol. The second kappa shape index (κ2) is 35.9. The number of carbonyl (C=O) groups is 10. The van der Waals surface area contributed by atoms with E-state index in [2.05, 4.69) is 51.9 Å². The summed E-state index contributed by atoms with van der Waals surface area (Å²) in [5.74, 6) is -9.41. The Balaban J connectivity index is 1.70. The van der Waals surface area contributed by atoms with E-state index in [1.54, 1.807) is 24.3 Å². The minimum absolute atomic E-state index is 0.00703. The molecule has 23 N–H and O–H groups in total. The summed E-state index contributed by atoms with van der Waals surface area (Å²) in [6.07, 6.45) is -0.656. The summed E-state index contributed by atoms with van der Waals surface area (Å²) in [5.41, 5.74) is 38.9. The summed E-state index contributed by atoms with van der Waals surface area (Å²) in [5, 5.41) is 28.8. The van der Waals surface area contributed by atoms with Gasteiger partial charge < -0.3 is 92.3 Å². The van der Waals surface area contributed by atoms with Gasteiger partial charge in [-0.05, 0) is 102 Å². The number of hydrogen-bond donors (Lipinski definition) is 16. The molecule has 0 aromatic heterocycles. The summed E-state index contributed by atoms with van der Waals surface area (Å²) in [6.45, 7) is 3.73. The molecule has 1 aliphatic rings. The Bertz CT molecular complexity index is 2900. The number of sulfonamides is 1. The molecule has 0 unspecified atom stereocenters. The van der Waals surface area contributed by atoms with Gasteiger partial charge in [-0.25, -0.2) is 8.42 Å². The minimum Gasteiger partial charge on any atom is -0.391 e. The van der Waals surface area contributed by atoms with E-state index < -0.39 is 137 Å². The number of aliphatic hydroxyl groups is 1. The van der Waals surface area contributed by atoms with Crippen LogP contribution in [0.5, 0.6) is 0 Å². The van der Waals surface area contributed by atoms with Gasteiger partial charge in [-0.1, -0.05) is 38.1 Å². The monoisotopic (exact) mass is 1240 g/mol. The van der Waals surface area contributed by atoms with Crippen molar-refractivity contribution in [2.24, 2.45) is 56.0 Å². The van der Waals surface area contributed by atoms with E-state index in [0.29, 0.717) is 30.0 Å². The Labute approximate surface area is 505 Å². The summed E-state index contributed by atoms with van der Waals surface area (Å²) in [4.78, 5) is 144. The smallest absolute Gasteiger partial charge is 0.245 e. The lowest BCUT2D eigenvalue weighted by Crippen LogP contribution is -2.60. The second-order valence-corrected chi connectivity index (χ2v) is 23.3. The number of anilines is 1. The number of rotatable bonds is 38. The highest BCUT2D eigenvalue weighted by Gasteiger charge is 2.41. The number of aliphatic imine (C=N–C) groups is 2. The maximum Gasteiger partial charge on any atom is 0.245 e. The molecule has 1 saturated heterocycles. The molecule has 0 aliphatic carbocycles. The first-order valence-electron chi connectivity index (χ1n) is 28.6. The normalized spacial score (nSPS) is 15.4. The zero-order chi connectivity index (χ0) is 65.1. The molecule has 1 heterocycles. The zero-order valence-electron chi connectivity index (χ0n) is 50.0. The SMILES string of the molecule is CC(C)C[C@H](NS(=O)(=O)c1cccc2c(N(C)C)cccc12)C(=O)N1CCC[C@H]1C(=O)N[C@@H](CCCCN)C(=O)N[C@H](C(=O)NCC(=O)NCC(=O)N[C@@H](CCC(N)=O)C(=O)N[C@@H](CCCN=C(N)N)C(=O)N[C@@H](CCCN=C(N)N)C(N)=O)[C@@H](C)O. The van der Waals surface area contributed by atoms with Crippen molar-refractivity contribution in [1.82, 2.24) is 46.8 Å². The molecular formula is C54H89N19O13S. The van der Waals surface area contributed by atoms with E-state index in [1.165, 1.54) is 17.9 Å². The first-order chi connectivity index (χ1) is 41.0. The van der Waals surface area contributed by atoms with Crippen LogP contribution in [0.15, 0.2) is 51.3 Å². The fourth-order valence-corrected chi connectivity index (χ4v) is 10.9. The van der Waals surface area contributed by atoms with E-state index in [0.717, 1.165) is 5.69 Å². The van der Waals surface area contributed by atoms with Crippen molar-refractivity contribution >= 4 is 97.5 Å². The number of nitrogens with one attached hydrogen (secondary N) is 8. The second-order valence-electron chi connectivity index (χ2n) is 21.6. The predicted octanol–water partition coefficient (Wildman–Crippen LogP) is -5.39. The first-order valence-corrected chi connectivity index (χ1v) is 30.1. The van der Waals surface area contributed by atoms with Gasteiger partial charge in [0.25, 0.3) is 0 Å². The first kappa shape index (κ1) is 72.8. The van der Waals surface area contributed by atoms with Crippen molar-refractivity contribution in [3.8, 4) is 0 Å². The number of primary amides is 2. The number of nitrogens with two attached hydrogens (primary N) is 7. The lowest BCUT2D eigenvalue weighted by Gasteiger charge is -2.31. The fraction of sp³-hybridized carbons (Fsp3) is 0.593. The molecule has 1 fully saturated rings. The number of amides is 10. The zero-order valence-corrected chi connectivity index (χ0v) is 50.8. The van der Waals surface area contributed by atoms with Crippen LogP contribution in [0.3, 0.4) is 0 Å². The van der Waals surface area contributed by atoms with Crippen LogP contribution in [0.25, 0.3) is 10.8 Å². The van der Waals surface area contributed by atoms with Gasteiger partial charge in [-0.2, -0.15) is 4.72 Å². The van der Waals surface area contributed by atoms with E-state index in [-0.39, 0.29) is 100 Å². The summed E-state index contributed by atoms with van der Waals surface area (Å²) < 4.78 is 31.0. The number of benzene rings is 2. The molecule has 2 aromatic rings. The number of aliphatic hydroxyl groups excluding tert-OH is 1. The average molecular weight is 1240 g/mol. The number of nitrogens with zero attached hydrogens (tertiary/aromatic N) is 4. The van der Waals surface area contributed by atoms with Gasteiger partial charge >= 0.3 is 0 Å². The Hall–Kier alpha value is -8.43. The molecule has 0 saturated carbocycles. The van der Waals surface area contributed by atoms with Gasteiger partial charge in [0.2, 0.25) is 69.1 Å². The van der Waals surface area contributed by atoms with Crippen molar-refractivity contribution < 1.29 is 61.5 Å². The van der Waals surface area contributed by atoms with Gasteiger partial charge in [0.05, 0.1) is 24.1 Å². The highest BCUT2D eigenvalue weighted by atomic mass is 32.2. The van der Waals surface area contributed by atoms with Crippen LogP contribution in [-0.2, 0) is 58.0 Å². The third-order valence-corrected chi connectivity index (χ3v) is 15.3. The van der Waals surface area contributed by atoms with Crippen molar-refractivity contribution in [2.75, 3.05) is 58.3 Å².